The van der Waals surface area contributed by atoms with E-state index < -0.39 is 0 Å². The van der Waals surface area contributed by atoms with Gasteiger partial charge in [-0.3, -0.25) is 4.90 Å². The molecule has 90 valence electrons. The van der Waals surface area contributed by atoms with Crippen molar-refractivity contribution in [1.29, 1.82) is 0 Å². The van der Waals surface area contributed by atoms with Gasteiger partial charge in [0.1, 0.15) is 0 Å². The zero-order valence-electron chi connectivity index (χ0n) is 10.8. The molecule has 1 saturated heterocycles. The van der Waals surface area contributed by atoms with Crippen molar-refractivity contribution in [2.24, 2.45) is 0 Å². The Bertz CT molecular complexity index is 151. The fraction of sp³-hybridized carbons (Fsp3) is 1.00. The van der Waals surface area contributed by atoms with Gasteiger partial charge in [-0.15, -0.1) is 0 Å². The van der Waals surface area contributed by atoms with Crippen molar-refractivity contribution in [3.8, 4) is 0 Å². The van der Waals surface area contributed by atoms with E-state index in [1.165, 1.54) is 45.2 Å². The van der Waals surface area contributed by atoms with E-state index in [2.05, 4.69) is 31.0 Å². The minimum Gasteiger partial charge on any atom is -0.313 e. The maximum absolute atomic E-state index is 3.61. The standard InChI is InChI=1S/C13H28N2/c1-4-12(2)14-11-13(3)15-9-7-5-6-8-10-15/h12-14H,4-11H2,1-3H3. The average molecular weight is 212 g/mol. The van der Waals surface area contributed by atoms with Crippen molar-refractivity contribution in [3.63, 3.8) is 0 Å². The summed E-state index contributed by atoms with van der Waals surface area (Å²) in [4.78, 5) is 2.66. The van der Waals surface area contributed by atoms with E-state index in [1.807, 2.05) is 0 Å². The minimum atomic E-state index is 0.666. The van der Waals surface area contributed by atoms with Crippen LogP contribution >= 0.6 is 0 Å². The summed E-state index contributed by atoms with van der Waals surface area (Å²) in [6.45, 7) is 10.6. The van der Waals surface area contributed by atoms with Crippen LogP contribution in [0.2, 0.25) is 0 Å². The van der Waals surface area contributed by atoms with Gasteiger partial charge < -0.3 is 5.32 Å². The predicted molar refractivity (Wildman–Crippen MR) is 67.3 cm³/mol. The number of hydrogen-bond acceptors (Lipinski definition) is 2. The third-order valence-electron chi connectivity index (χ3n) is 3.64. The fourth-order valence-corrected chi connectivity index (χ4v) is 2.18. The normalized spacial score (nSPS) is 23.4. The molecule has 1 rings (SSSR count). The Balaban J connectivity index is 2.22. The van der Waals surface area contributed by atoms with Gasteiger partial charge in [0.2, 0.25) is 0 Å². The molecule has 2 unspecified atom stereocenters. The summed E-state index contributed by atoms with van der Waals surface area (Å²) in [7, 11) is 0. The lowest BCUT2D eigenvalue weighted by Crippen LogP contribution is -2.43. The molecule has 0 aromatic carbocycles. The molecule has 2 atom stereocenters. The molecule has 0 radical (unpaired) electrons. The second-order valence-electron chi connectivity index (χ2n) is 5.02. The van der Waals surface area contributed by atoms with Crippen molar-refractivity contribution in [1.82, 2.24) is 10.2 Å². The van der Waals surface area contributed by atoms with E-state index in [1.54, 1.807) is 0 Å². The van der Waals surface area contributed by atoms with E-state index in [9.17, 15) is 0 Å². The monoisotopic (exact) mass is 212 g/mol. The molecule has 0 aromatic rings. The molecule has 0 spiro atoms. The molecule has 0 bridgehead atoms. The average Bonchev–Trinajstić information content (AvgIpc) is 2.53. The number of rotatable bonds is 5. The SMILES string of the molecule is CCC(C)NCC(C)N1CCCCCC1. The summed E-state index contributed by atoms with van der Waals surface area (Å²) in [5.41, 5.74) is 0. The van der Waals surface area contributed by atoms with Gasteiger partial charge in [0.15, 0.2) is 0 Å². The van der Waals surface area contributed by atoms with Crippen LogP contribution in [-0.4, -0.2) is 36.6 Å². The van der Waals surface area contributed by atoms with Gasteiger partial charge in [0, 0.05) is 18.6 Å². The predicted octanol–water partition coefficient (Wildman–Crippen LogP) is 2.64. The molecule has 15 heavy (non-hydrogen) atoms. The van der Waals surface area contributed by atoms with Gasteiger partial charge in [0.25, 0.3) is 0 Å². The minimum absolute atomic E-state index is 0.666. The number of hydrogen-bond donors (Lipinski definition) is 1. The summed E-state index contributed by atoms with van der Waals surface area (Å²) in [6, 6.07) is 1.37. The first-order valence-electron chi connectivity index (χ1n) is 6.71. The molecule has 0 amide bonds. The molecule has 2 nitrogen and oxygen atoms in total. The molecule has 1 aliphatic rings. The first-order chi connectivity index (χ1) is 7.24. The lowest BCUT2D eigenvalue weighted by Gasteiger charge is -2.28. The van der Waals surface area contributed by atoms with Gasteiger partial charge in [-0.05, 0) is 46.2 Å². The third-order valence-corrected chi connectivity index (χ3v) is 3.64. The van der Waals surface area contributed by atoms with E-state index in [4.69, 9.17) is 0 Å². The Morgan fingerprint density at radius 1 is 1.07 bits per heavy atom. The zero-order chi connectivity index (χ0) is 11.1. The van der Waals surface area contributed by atoms with Crippen LogP contribution in [0.3, 0.4) is 0 Å². The smallest absolute Gasteiger partial charge is 0.0192 e. The van der Waals surface area contributed by atoms with Crippen molar-refractivity contribution in [3.05, 3.63) is 0 Å². The van der Waals surface area contributed by atoms with Crippen LogP contribution in [0.25, 0.3) is 0 Å². The van der Waals surface area contributed by atoms with Gasteiger partial charge in [-0.2, -0.15) is 0 Å². The van der Waals surface area contributed by atoms with Gasteiger partial charge in [-0.1, -0.05) is 19.8 Å². The molecule has 2 heteroatoms. The topological polar surface area (TPSA) is 15.3 Å². The summed E-state index contributed by atoms with van der Waals surface area (Å²) >= 11 is 0. The van der Waals surface area contributed by atoms with Crippen LogP contribution in [0.4, 0.5) is 0 Å². The second kappa shape index (κ2) is 7.24. The van der Waals surface area contributed by atoms with Gasteiger partial charge in [-0.25, -0.2) is 0 Å². The first-order valence-corrected chi connectivity index (χ1v) is 6.71. The van der Waals surface area contributed by atoms with E-state index >= 15 is 0 Å². The zero-order valence-corrected chi connectivity index (χ0v) is 10.8. The fourth-order valence-electron chi connectivity index (χ4n) is 2.18. The highest BCUT2D eigenvalue weighted by Gasteiger charge is 2.15. The summed E-state index contributed by atoms with van der Waals surface area (Å²) in [5.74, 6) is 0. The summed E-state index contributed by atoms with van der Waals surface area (Å²) in [6.07, 6.45) is 6.89. The highest BCUT2D eigenvalue weighted by Crippen LogP contribution is 2.12. The van der Waals surface area contributed by atoms with Crippen LogP contribution in [0.15, 0.2) is 0 Å². The van der Waals surface area contributed by atoms with Gasteiger partial charge >= 0.3 is 0 Å². The molecule has 1 aliphatic heterocycles. The second-order valence-corrected chi connectivity index (χ2v) is 5.02. The first kappa shape index (κ1) is 13.0. The number of likely N-dealkylation sites (tertiary alicyclic amines) is 1. The lowest BCUT2D eigenvalue weighted by atomic mass is 10.2. The van der Waals surface area contributed by atoms with E-state index in [0.29, 0.717) is 12.1 Å². The van der Waals surface area contributed by atoms with Crippen molar-refractivity contribution in [2.75, 3.05) is 19.6 Å². The summed E-state index contributed by atoms with van der Waals surface area (Å²) < 4.78 is 0. The van der Waals surface area contributed by atoms with E-state index in [-0.39, 0.29) is 0 Å². The maximum atomic E-state index is 3.61. The van der Waals surface area contributed by atoms with Crippen LogP contribution in [-0.2, 0) is 0 Å². The van der Waals surface area contributed by atoms with E-state index in [0.717, 1.165) is 6.54 Å². The highest BCUT2D eigenvalue weighted by molar-refractivity contribution is 4.73. The quantitative estimate of drug-likeness (QED) is 0.753. The molecular weight excluding hydrogens is 184 g/mol. The Hall–Kier alpha value is -0.0800. The molecular formula is C13H28N2. The van der Waals surface area contributed by atoms with Crippen LogP contribution in [0.5, 0.6) is 0 Å². The van der Waals surface area contributed by atoms with Gasteiger partial charge in [0.05, 0.1) is 0 Å². The Morgan fingerprint density at radius 3 is 2.20 bits per heavy atom. The van der Waals surface area contributed by atoms with Crippen molar-refractivity contribution in [2.45, 2.75) is 65.0 Å². The van der Waals surface area contributed by atoms with Crippen LogP contribution < -0.4 is 5.32 Å². The number of nitrogens with zero attached hydrogens (tertiary/aromatic N) is 1. The lowest BCUT2D eigenvalue weighted by molar-refractivity contribution is 0.208. The van der Waals surface area contributed by atoms with Crippen LogP contribution in [0.1, 0.15) is 52.9 Å². The van der Waals surface area contributed by atoms with Crippen molar-refractivity contribution >= 4 is 0 Å². The highest BCUT2D eigenvalue weighted by atomic mass is 15.2. The Kier molecular flexibility index (Phi) is 6.26. The molecule has 1 N–H and O–H groups in total. The molecule has 0 saturated carbocycles. The van der Waals surface area contributed by atoms with Crippen molar-refractivity contribution < 1.29 is 0 Å². The molecule has 1 fully saturated rings. The Morgan fingerprint density at radius 2 is 1.67 bits per heavy atom. The Labute approximate surface area is 95.4 Å². The number of nitrogens with one attached hydrogen (secondary N) is 1. The molecule has 1 heterocycles. The third kappa shape index (κ3) is 4.98. The van der Waals surface area contributed by atoms with Crippen LogP contribution in [0, 0.1) is 0 Å². The molecule has 0 aliphatic carbocycles. The molecule has 0 aromatic heterocycles. The largest absolute Gasteiger partial charge is 0.313 e. The maximum Gasteiger partial charge on any atom is 0.0192 e. The summed E-state index contributed by atoms with van der Waals surface area (Å²) in [5, 5.41) is 3.61.